The van der Waals surface area contributed by atoms with Crippen LogP contribution in [0.5, 0.6) is 0 Å². The predicted molar refractivity (Wildman–Crippen MR) is 107 cm³/mol. The molecule has 2 aromatic rings. The SMILES string of the molecule is CCn1c(C2CCN(C(=O)C=C(C)c3ccc(C(F)(F)F)cc3)CC2)n[nH]c1=S. The maximum absolute atomic E-state index is 12.7. The lowest BCUT2D eigenvalue weighted by Gasteiger charge is -2.31. The first-order valence-corrected chi connectivity index (χ1v) is 9.91. The Labute approximate surface area is 172 Å². The number of piperidine rings is 1. The van der Waals surface area contributed by atoms with Crippen LogP contribution in [0.15, 0.2) is 30.3 Å². The van der Waals surface area contributed by atoms with Crippen LogP contribution in [-0.4, -0.2) is 38.7 Å². The summed E-state index contributed by atoms with van der Waals surface area (Å²) in [6, 6.07) is 4.84. The topological polar surface area (TPSA) is 53.9 Å². The summed E-state index contributed by atoms with van der Waals surface area (Å²) in [7, 11) is 0. The molecule has 2 heterocycles. The molecule has 0 unspecified atom stereocenters. The zero-order chi connectivity index (χ0) is 21.2. The highest BCUT2D eigenvalue weighted by atomic mass is 32.1. The summed E-state index contributed by atoms with van der Waals surface area (Å²) in [5.74, 6) is 1.04. The first-order chi connectivity index (χ1) is 13.7. The van der Waals surface area contributed by atoms with E-state index in [-0.39, 0.29) is 11.8 Å². The highest BCUT2D eigenvalue weighted by Gasteiger charge is 2.30. The number of benzene rings is 1. The van der Waals surface area contributed by atoms with Gasteiger partial charge in [-0.3, -0.25) is 9.89 Å². The lowest BCUT2D eigenvalue weighted by atomic mass is 9.95. The van der Waals surface area contributed by atoms with Gasteiger partial charge in [0, 0.05) is 31.6 Å². The van der Waals surface area contributed by atoms with Gasteiger partial charge >= 0.3 is 6.18 Å². The molecule has 0 saturated carbocycles. The number of hydrogen-bond acceptors (Lipinski definition) is 3. The van der Waals surface area contributed by atoms with E-state index in [1.807, 2.05) is 11.5 Å². The van der Waals surface area contributed by atoms with Crippen molar-refractivity contribution in [2.45, 2.75) is 45.3 Å². The lowest BCUT2D eigenvalue weighted by Crippen LogP contribution is -2.37. The molecule has 0 atom stereocenters. The fraction of sp³-hybridized carbons (Fsp3) is 0.450. The summed E-state index contributed by atoms with van der Waals surface area (Å²) in [5.41, 5.74) is 0.532. The number of H-pyrrole nitrogens is 1. The Balaban J connectivity index is 1.63. The number of aromatic amines is 1. The van der Waals surface area contributed by atoms with E-state index < -0.39 is 11.7 Å². The van der Waals surface area contributed by atoms with Crippen molar-refractivity contribution in [2.75, 3.05) is 13.1 Å². The molecule has 1 amide bonds. The first kappa shape index (κ1) is 21.3. The molecule has 1 aromatic heterocycles. The van der Waals surface area contributed by atoms with E-state index in [1.54, 1.807) is 11.8 Å². The van der Waals surface area contributed by atoms with Gasteiger partial charge in [-0.25, -0.2) is 0 Å². The Kier molecular flexibility index (Phi) is 6.26. The van der Waals surface area contributed by atoms with Gasteiger partial charge in [0.25, 0.3) is 0 Å². The van der Waals surface area contributed by atoms with Gasteiger partial charge in [-0.15, -0.1) is 0 Å². The van der Waals surface area contributed by atoms with Crippen molar-refractivity contribution in [3.05, 3.63) is 52.1 Å². The quantitative estimate of drug-likeness (QED) is 0.567. The van der Waals surface area contributed by atoms with E-state index in [0.717, 1.165) is 37.3 Å². The van der Waals surface area contributed by atoms with Crippen molar-refractivity contribution in [2.24, 2.45) is 0 Å². The van der Waals surface area contributed by atoms with Gasteiger partial charge in [-0.05, 0) is 62.2 Å². The van der Waals surface area contributed by atoms with Crippen LogP contribution < -0.4 is 0 Å². The molecule has 1 aromatic carbocycles. The van der Waals surface area contributed by atoms with Crippen molar-refractivity contribution in [1.29, 1.82) is 0 Å². The number of nitrogens with one attached hydrogen (secondary N) is 1. The van der Waals surface area contributed by atoms with Crippen molar-refractivity contribution in [3.8, 4) is 0 Å². The smallest absolute Gasteiger partial charge is 0.339 e. The molecular formula is C20H23F3N4OS. The fourth-order valence-electron chi connectivity index (χ4n) is 3.59. The Morgan fingerprint density at radius 2 is 1.90 bits per heavy atom. The Hall–Kier alpha value is -2.42. The molecule has 9 heteroatoms. The van der Waals surface area contributed by atoms with Crippen LogP contribution in [0.1, 0.15) is 49.6 Å². The van der Waals surface area contributed by atoms with E-state index in [9.17, 15) is 18.0 Å². The Bertz CT molecular complexity index is 951. The number of carbonyl (C=O) groups is 1. The second-order valence-corrected chi connectivity index (χ2v) is 7.52. The van der Waals surface area contributed by atoms with Crippen LogP contribution in [0, 0.1) is 4.77 Å². The van der Waals surface area contributed by atoms with Crippen LogP contribution in [0.25, 0.3) is 5.57 Å². The molecule has 3 rings (SSSR count). The van der Waals surface area contributed by atoms with Gasteiger partial charge in [-0.1, -0.05) is 12.1 Å². The first-order valence-electron chi connectivity index (χ1n) is 9.50. The molecule has 1 N–H and O–H groups in total. The third kappa shape index (κ3) is 4.77. The van der Waals surface area contributed by atoms with Gasteiger partial charge in [0.2, 0.25) is 5.91 Å². The number of allylic oxidation sites excluding steroid dienone is 1. The van der Waals surface area contributed by atoms with Crippen molar-refractivity contribution < 1.29 is 18.0 Å². The van der Waals surface area contributed by atoms with Gasteiger partial charge < -0.3 is 9.47 Å². The molecule has 5 nitrogen and oxygen atoms in total. The van der Waals surface area contributed by atoms with Crippen molar-refractivity contribution >= 4 is 23.7 Å². The maximum atomic E-state index is 12.7. The summed E-state index contributed by atoms with van der Waals surface area (Å²) in [6.07, 6.45) is -1.30. The number of nitrogens with zero attached hydrogens (tertiary/aromatic N) is 3. The largest absolute Gasteiger partial charge is 0.416 e. The van der Waals surface area contributed by atoms with Gasteiger partial charge in [-0.2, -0.15) is 18.3 Å². The average molecular weight is 424 g/mol. The van der Waals surface area contributed by atoms with Crippen LogP contribution in [0.4, 0.5) is 13.2 Å². The molecule has 1 aliphatic heterocycles. The van der Waals surface area contributed by atoms with E-state index in [4.69, 9.17) is 12.2 Å². The number of carbonyl (C=O) groups excluding carboxylic acids is 1. The van der Waals surface area contributed by atoms with E-state index in [2.05, 4.69) is 10.2 Å². The molecule has 0 radical (unpaired) electrons. The third-order valence-corrected chi connectivity index (χ3v) is 5.60. The van der Waals surface area contributed by atoms with E-state index >= 15 is 0 Å². The number of aromatic nitrogens is 3. The minimum Gasteiger partial charge on any atom is -0.339 e. The predicted octanol–water partition coefficient (Wildman–Crippen LogP) is 4.79. The number of alkyl halides is 3. The number of hydrogen-bond donors (Lipinski definition) is 1. The molecule has 29 heavy (non-hydrogen) atoms. The highest BCUT2D eigenvalue weighted by Crippen LogP contribution is 2.30. The molecule has 1 fully saturated rings. The number of rotatable bonds is 4. The summed E-state index contributed by atoms with van der Waals surface area (Å²) in [6.45, 7) is 5.70. The number of amides is 1. The second kappa shape index (κ2) is 8.52. The lowest BCUT2D eigenvalue weighted by molar-refractivity contribution is -0.137. The minimum atomic E-state index is -4.37. The Morgan fingerprint density at radius 1 is 1.28 bits per heavy atom. The van der Waals surface area contributed by atoms with Gasteiger partial charge in [0.15, 0.2) is 4.77 Å². The minimum absolute atomic E-state index is 0.129. The maximum Gasteiger partial charge on any atom is 0.416 e. The van der Waals surface area contributed by atoms with E-state index in [0.29, 0.717) is 29.0 Å². The fourth-order valence-corrected chi connectivity index (χ4v) is 3.86. The standard InChI is InChI=1S/C20H23F3N4OS/c1-3-27-18(24-25-19(27)29)15-8-10-26(11-9-15)17(28)12-13(2)14-4-6-16(7-5-14)20(21,22)23/h4-7,12,15H,3,8-11H2,1-2H3,(H,25,29). The molecular weight excluding hydrogens is 401 g/mol. The van der Waals surface area contributed by atoms with Crippen LogP contribution in [0.3, 0.4) is 0 Å². The molecule has 0 aliphatic carbocycles. The van der Waals surface area contributed by atoms with Crippen molar-refractivity contribution in [3.63, 3.8) is 0 Å². The normalized spacial score (nSPS) is 16.3. The monoisotopic (exact) mass is 424 g/mol. The van der Waals surface area contributed by atoms with E-state index in [1.165, 1.54) is 18.2 Å². The summed E-state index contributed by atoms with van der Waals surface area (Å²) in [4.78, 5) is 14.4. The summed E-state index contributed by atoms with van der Waals surface area (Å²) in [5, 5.41) is 7.18. The molecule has 0 bridgehead atoms. The van der Waals surface area contributed by atoms with Gasteiger partial charge in [0.1, 0.15) is 5.82 Å². The highest BCUT2D eigenvalue weighted by molar-refractivity contribution is 7.71. The summed E-state index contributed by atoms with van der Waals surface area (Å²) >= 11 is 5.24. The Morgan fingerprint density at radius 3 is 2.45 bits per heavy atom. The zero-order valence-corrected chi connectivity index (χ0v) is 17.1. The molecule has 0 spiro atoms. The number of halogens is 3. The van der Waals surface area contributed by atoms with Crippen LogP contribution >= 0.6 is 12.2 Å². The molecule has 1 aliphatic rings. The molecule has 156 valence electrons. The average Bonchev–Trinajstić information content (AvgIpc) is 3.08. The zero-order valence-electron chi connectivity index (χ0n) is 16.3. The van der Waals surface area contributed by atoms with Crippen LogP contribution in [-0.2, 0) is 17.5 Å². The number of likely N-dealkylation sites (tertiary alicyclic amines) is 1. The molecule has 1 saturated heterocycles. The third-order valence-electron chi connectivity index (χ3n) is 5.28. The summed E-state index contributed by atoms with van der Waals surface area (Å²) < 4.78 is 40.6. The van der Waals surface area contributed by atoms with Crippen molar-refractivity contribution in [1.82, 2.24) is 19.7 Å². The second-order valence-electron chi connectivity index (χ2n) is 7.13. The van der Waals surface area contributed by atoms with Gasteiger partial charge in [0.05, 0.1) is 5.56 Å². The van der Waals surface area contributed by atoms with Crippen LogP contribution in [0.2, 0.25) is 0 Å².